The van der Waals surface area contributed by atoms with Gasteiger partial charge in [-0.1, -0.05) is 13.8 Å². The number of nitrogens with zero attached hydrogens (tertiary/aromatic N) is 3. The fraction of sp³-hybridized carbons (Fsp3) is 0.619. The van der Waals surface area contributed by atoms with Gasteiger partial charge in [-0.15, -0.1) is 0 Å². The van der Waals surface area contributed by atoms with Crippen LogP contribution in [-0.2, 0) is 15.8 Å². The molecule has 0 unspecified atom stereocenters. The molecule has 0 saturated carbocycles. The quantitative estimate of drug-likeness (QED) is 0.451. The molecule has 0 spiro atoms. The summed E-state index contributed by atoms with van der Waals surface area (Å²) in [7, 11) is 0. The van der Waals surface area contributed by atoms with E-state index in [0.29, 0.717) is 51.5 Å². The zero-order valence-corrected chi connectivity index (χ0v) is 18.3. The Balaban J connectivity index is 2.07. The number of anilines is 1. The van der Waals surface area contributed by atoms with Crippen LogP contribution in [0.4, 0.5) is 24.5 Å². The number of nitrogens with one attached hydrogen (secondary N) is 1. The molecule has 1 aromatic rings. The van der Waals surface area contributed by atoms with Crippen molar-refractivity contribution in [3.8, 4) is 0 Å². The number of piperidine rings is 1. The van der Waals surface area contributed by atoms with Gasteiger partial charge >= 0.3 is 6.18 Å². The molecule has 0 radical (unpaired) electrons. The Morgan fingerprint density at radius 3 is 2.41 bits per heavy atom. The van der Waals surface area contributed by atoms with Crippen molar-refractivity contribution in [2.75, 3.05) is 37.6 Å². The maximum atomic E-state index is 13.0. The van der Waals surface area contributed by atoms with Crippen LogP contribution < -0.4 is 10.2 Å². The summed E-state index contributed by atoms with van der Waals surface area (Å²) in [6.45, 7) is 5.41. The third kappa shape index (κ3) is 6.57. The second kappa shape index (κ2) is 11.1. The molecule has 178 valence electrons. The summed E-state index contributed by atoms with van der Waals surface area (Å²) >= 11 is 0. The predicted molar refractivity (Wildman–Crippen MR) is 113 cm³/mol. The Morgan fingerprint density at radius 1 is 1.22 bits per heavy atom. The van der Waals surface area contributed by atoms with Crippen LogP contribution in [0.5, 0.6) is 0 Å². The maximum Gasteiger partial charge on any atom is 0.416 e. The van der Waals surface area contributed by atoms with E-state index in [1.807, 2.05) is 13.8 Å². The van der Waals surface area contributed by atoms with E-state index in [2.05, 4.69) is 5.32 Å². The average molecular weight is 458 g/mol. The van der Waals surface area contributed by atoms with Gasteiger partial charge in [0.05, 0.1) is 17.0 Å². The van der Waals surface area contributed by atoms with Gasteiger partial charge in [0, 0.05) is 38.2 Å². The first-order valence-electron chi connectivity index (χ1n) is 10.7. The lowest BCUT2D eigenvalue weighted by Gasteiger charge is -2.35. The fourth-order valence-corrected chi connectivity index (χ4v) is 3.77. The van der Waals surface area contributed by atoms with Gasteiger partial charge in [-0.2, -0.15) is 13.2 Å². The van der Waals surface area contributed by atoms with Crippen molar-refractivity contribution in [2.24, 2.45) is 5.92 Å². The minimum atomic E-state index is -4.67. The normalized spacial score (nSPS) is 14.8. The molecule has 2 rings (SSSR count). The number of nitro benzene ring substituents is 1. The molecule has 1 saturated heterocycles. The average Bonchev–Trinajstić information content (AvgIpc) is 2.76. The largest absolute Gasteiger partial charge is 0.416 e. The van der Waals surface area contributed by atoms with Crippen LogP contribution in [0, 0.1) is 16.0 Å². The number of carbonyl (C=O) groups excluding carboxylic acids is 2. The van der Waals surface area contributed by atoms with Gasteiger partial charge in [0.15, 0.2) is 0 Å². The molecule has 0 atom stereocenters. The lowest BCUT2D eigenvalue weighted by Crippen LogP contribution is -2.46. The molecule has 0 aromatic heterocycles. The highest BCUT2D eigenvalue weighted by Gasteiger charge is 2.35. The molecular formula is C21H29F3N4O4. The number of amides is 2. The first-order chi connectivity index (χ1) is 15.1. The summed E-state index contributed by atoms with van der Waals surface area (Å²) in [5.74, 6) is -0.697. The van der Waals surface area contributed by atoms with Crippen molar-refractivity contribution in [2.45, 2.75) is 45.7 Å². The predicted octanol–water partition coefficient (Wildman–Crippen LogP) is 3.59. The Kier molecular flexibility index (Phi) is 8.85. The van der Waals surface area contributed by atoms with Gasteiger partial charge < -0.3 is 15.1 Å². The van der Waals surface area contributed by atoms with Crippen LogP contribution in [-0.4, -0.2) is 54.4 Å². The lowest BCUT2D eigenvalue weighted by atomic mass is 9.94. The minimum Gasteiger partial charge on any atom is -0.366 e. The molecule has 1 aliphatic rings. The lowest BCUT2D eigenvalue weighted by molar-refractivity contribution is -0.384. The Morgan fingerprint density at radius 2 is 1.88 bits per heavy atom. The molecule has 1 N–H and O–H groups in total. The number of nitro groups is 1. The van der Waals surface area contributed by atoms with Gasteiger partial charge in [0.1, 0.15) is 5.69 Å². The highest BCUT2D eigenvalue weighted by Crippen LogP contribution is 2.37. The van der Waals surface area contributed by atoms with E-state index < -0.39 is 22.4 Å². The molecule has 1 aliphatic heterocycles. The highest BCUT2D eigenvalue weighted by molar-refractivity contribution is 5.86. The van der Waals surface area contributed by atoms with E-state index in [9.17, 15) is 32.9 Å². The molecule has 0 aliphatic carbocycles. The summed E-state index contributed by atoms with van der Waals surface area (Å²) < 4.78 is 38.8. The molecule has 0 bridgehead atoms. The number of rotatable bonds is 9. The van der Waals surface area contributed by atoms with E-state index in [4.69, 9.17) is 0 Å². The summed E-state index contributed by atoms with van der Waals surface area (Å²) in [6, 6.07) is 2.49. The van der Waals surface area contributed by atoms with Crippen molar-refractivity contribution in [1.29, 1.82) is 0 Å². The van der Waals surface area contributed by atoms with Crippen molar-refractivity contribution in [3.05, 3.63) is 33.9 Å². The molecule has 8 nitrogen and oxygen atoms in total. The Hall–Kier alpha value is -2.85. The number of carbonyl (C=O) groups is 2. The first-order valence-corrected chi connectivity index (χ1v) is 10.7. The zero-order chi connectivity index (χ0) is 23.9. The van der Waals surface area contributed by atoms with Gasteiger partial charge in [-0.05, 0) is 37.8 Å². The van der Waals surface area contributed by atoms with Gasteiger partial charge in [0.25, 0.3) is 5.69 Å². The Bertz CT molecular complexity index is 824. The maximum absolute atomic E-state index is 13.0. The van der Waals surface area contributed by atoms with E-state index in [1.165, 1.54) is 4.90 Å². The minimum absolute atomic E-state index is 0.0166. The summed E-state index contributed by atoms with van der Waals surface area (Å²) in [5, 5.41) is 14.1. The van der Waals surface area contributed by atoms with Gasteiger partial charge in [0.2, 0.25) is 11.8 Å². The number of alkyl halides is 3. The third-order valence-electron chi connectivity index (χ3n) is 5.40. The molecule has 32 heavy (non-hydrogen) atoms. The van der Waals surface area contributed by atoms with Crippen LogP contribution in [0.1, 0.15) is 45.1 Å². The van der Waals surface area contributed by atoms with Gasteiger partial charge in [-0.3, -0.25) is 19.7 Å². The van der Waals surface area contributed by atoms with Crippen LogP contribution in [0.25, 0.3) is 0 Å². The van der Waals surface area contributed by atoms with E-state index in [1.54, 1.807) is 4.90 Å². The Labute approximate surface area is 184 Å². The molecule has 1 aromatic carbocycles. The topological polar surface area (TPSA) is 95.8 Å². The molecule has 1 fully saturated rings. The number of benzene rings is 1. The standard InChI is InChI=1S/C21H29F3N4O4/c1-3-9-25-19(29)14-27(10-4-2)20(30)15-7-11-26(12-8-15)17-6-5-16(21(22,23)24)13-18(17)28(31)32/h5-6,13,15H,3-4,7-12,14H2,1-2H3,(H,25,29). The summed E-state index contributed by atoms with van der Waals surface area (Å²) in [6.07, 6.45) is -2.39. The smallest absolute Gasteiger partial charge is 0.366 e. The summed E-state index contributed by atoms with van der Waals surface area (Å²) in [5.41, 5.74) is -1.57. The van der Waals surface area contributed by atoms with Crippen molar-refractivity contribution < 1.29 is 27.7 Å². The second-order valence-corrected chi connectivity index (χ2v) is 7.83. The fourth-order valence-electron chi connectivity index (χ4n) is 3.77. The van der Waals surface area contributed by atoms with E-state index in [0.717, 1.165) is 18.6 Å². The zero-order valence-electron chi connectivity index (χ0n) is 18.3. The molecular weight excluding hydrogens is 429 g/mol. The number of hydrogen-bond acceptors (Lipinski definition) is 5. The van der Waals surface area contributed by atoms with Gasteiger partial charge in [-0.25, -0.2) is 0 Å². The molecule has 2 amide bonds. The highest BCUT2D eigenvalue weighted by atomic mass is 19.4. The monoisotopic (exact) mass is 458 g/mol. The molecule has 11 heteroatoms. The molecule has 1 heterocycles. The third-order valence-corrected chi connectivity index (χ3v) is 5.40. The van der Waals surface area contributed by atoms with E-state index in [-0.39, 0.29) is 30.0 Å². The SMILES string of the molecule is CCCNC(=O)CN(CCC)C(=O)C1CCN(c2ccc(C(F)(F)F)cc2[N+](=O)[O-])CC1. The summed E-state index contributed by atoms with van der Waals surface area (Å²) in [4.78, 5) is 38.7. The second-order valence-electron chi connectivity index (χ2n) is 7.83. The van der Waals surface area contributed by atoms with Crippen LogP contribution in [0.15, 0.2) is 18.2 Å². The number of halogens is 3. The van der Waals surface area contributed by atoms with Crippen LogP contribution >= 0.6 is 0 Å². The number of hydrogen-bond donors (Lipinski definition) is 1. The van der Waals surface area contributed by atoms with Crippen molar-refractivity contribution in [3.63, 3.8) is 0 Å². The first kappa shape index (κ1) is 25.4. The van der Waals surface area contributed by atoms with Crippen molar-refractivity contribution >= 4 is 23.2 Å². The van der Waals surface area contributed by atoms with Crippen LogP contribution in [0.2, 0.25) is 0 Å². The van der Waals surface area contributed by atoms with E-state index >= 15 is 0 Å². The van der Waals surface area contributed by atoms with Crippen molar-refractivity contribution in [1.82, 2.24) is 10.2 Å². The van der Waals surface area contributed by atoms with Crippen LogP contribution in [0.3, 0.4) is 0 Å².